The van der Waals surface area contributed by atoms with Gasteiger partial charge in [0.05, 0.1) is 17.1 Å². The minimum absolute atomic E-state index is 0.0220. The summed E-state index contributed by atoms with van der Waals surface area (Å²) in [6, 6.07) is 0. The lowest BCUT2D eigenvalue weighted by molar-refractivity contribution is -0.385. The monoisotopic (exact) mass is 282 g/mol. The van der Waals surface area contributed by atoms with Crippen molar-refractivity contribution in [3.63, 3.8) is 0 Å². The van der Waals surface area contributed by atoms with E-state index in [0.29, 0.717) is 13.1 Å². The number of aromatic nitrogens is 2. The number of rotatable bonds is 2. The molecule has 0 spiro atoms. The fourth-order valence-corrected chi connectivity index (χ4v) is 2.60. The van der Waals surface area contributed by atoms with Crippen LogP contribution >= 0.6 is 0 Å². The van der Waals surface area contributed by atoms with Crippen LogP contribution in [0.3, 0.4) is 0 Å². The molecule has 1 aromatic rings. The van der Waals surface area contributed by atoms with Gasteiger partial charge < -0.3 is 9.64 Å². The first-order valence-corrected chi connectivity index (χ1v) is 6.44. The molecule has 0 unspecified atom stereocenters. The zero-order valence-electron chi connectivity index (χ0n) is 12.0. The number of nitrogens with zero attached hydrogens (tertiary/aromatic N) is 4. The summed E-state index contributed by atoms with van der Waals surface area (Å²) >= 11 is 0. The molecule has 0 bridgehead atoms. The quantitative estimate of drug-likeness (QED) is 0.593. The molecule has 0 aromatic carbocycles. The highest BCUT2D eigenvalue weighted by molar-refractivity contribution is 5.97. The van der Waals surface area contributed by atoms with Crippen LogP contribution in [-0.4, -0.2) is 50.8 Å². The van der Waals surface area contributed by atoms with E-state index in [2.05, 4.69) is 5.10 Å². The molecule has 20 heavy (non-hydrogen) atoms. The van der Waals surface area contributed by atoms with Crippen molar-refractivity contribution >= 4 is 11.6 Å². The van der Waals surface area contributed by atoms with Crippen molar-refractivity contribution in [1.29, 1.82) is 0 Å². The highest BCUT2D eigenvalue weighted by atomic mass is 16.6. The SMILES string of the molecule is Cc1nn(C)c(C(=O)N2C[C@H](C)O[C@@H](C)C2)c1[N+](=O)[O-]. The van der Waals surface area contributed by atoms with E-state index in [1.807, 2.05) is 13.8 Å². The van der Waals surface area contributed by atoms with Crippen LogP contribution in [0.5, 0.6) is 0 Å². The third-order valence-electron chi connectivity index (χ3n) is 3.28. The number of carbonyl (C=O) groups is 1. The van der Waals surface area contributed by atoms with Crippen LogP contribution in [-0.2, 0) is 11.8 Å². The summed E-state index contributed by atoms with van der Waals surface area (Å²) < 4.78 is 6.84. The maximum Gasteiger partial charge on any atom is 0.322 e. The van der Waals surface area contributed by atoms with Gasteiger partial charge in [-0.25, -0.2) is 0 Å². The van der Waals surface area contributed by atoms with Crippen LogP contribution in [0.25, 0.3) is 0 Å². The van der Waals surface area contributed by atoms with Crippen LogP contribution in [0.2, 0.25) is 0 Å². The number of morpholine rings is 1. The maximum atomic E-state index is 12.6. The first-order chi connectivity index (χ1) is 9.31. The van der Waals surface area contributed by atoms with Gasteiger partial charge in [-0.2, -0.15) is 5.10 Å². The van der Waals surface area contributed by atoms with Crippen LogP contribution in [0.4, 0.5) is 5.69 Å². The zero-order valence-corrected chi connectivity index (χ0v) is 12.0. The molecular weight excluding hydrogens is 264 g/mol. The van der Waals surface area contributed by atoms with Crippen molar-refractivity contribution in [3.8, 4) is 0 Å². The molecule has 110 valence electrons. The van der Waals surface area contributed by atoms with E-state index >= 15 is 0 Å². The third kappa shape index (κ3) is 2.51. The minimum Gasteiger partial charge on any atom is -0.372 e. The van der Waals surface area contributed by atoms with E-state index < -0.39 is 4.92 Å². The van der Waals surface area contributed by atoms with Gasteiger partial charge in [-0.1, -0.05) is 0 Å². The van der Waals surface area contributed by atoms with Crippen molar-refractivity contribution in [2.45, 2.75) is 33.0 Å². The van der Waals surface area contributed by atoms with Crippen LogP contribution in [0.15, 0.2) is 0 Å². The molecule has 1 aliphatic heterocycles. The maximum absolute atomic E-state index is 12.6. The van der Waals surface area contributed by atoms with Crippen molar-refractivity contribution in [1.82, 2.24) is 14.7 Å². The summed E-state index contributed by atoms with van der Waals surface area (Å²) in [6.07, 6.45) is -0.174. The van der Waals surface area contributed by atoms with E-state index in [1.54, 1.807) is 11.9 Å². The van der Waals surface area contributed by atoms with Gasteiger partial charge in [-0.15, -0.1) is 0 Å². The number of nitro groups is 1. The summed E-state index contributed by atoms with van der Waals surface area (Å²) in [7, 11) is 1.54. The second kappa shape index (κ2) is 5.20. The predicted molar refractivity (Wildman–Crippen MR) is 70.5 cm³/mol. The Kier molecular flexibility index (Phi) is 3.76. The number of hydrogen-bond donors (Lipinski definition) is 0. The van der Waals surface area contributed by atoms with Crippen molar-refractivity contribution in [3.05, 3.63) is 21.5 Å². The Morgan fingerprint density at radius 2 is 1.95 bits per heavy atom. The first kappa shape index (κ1) is 14.4. The van der Waals surface area contributed by atoms with Crippen molar-refractivity contribution < 1.29 is 14.5 Å². The first-order valence-electron chi connectivity index (χ1n) is 6.44. The van der Waals surface area contributed by atoms with Gasteiger partial charge in [-0.3, -0.25) is 19.6 Å². The molecule has 8 nitrogen and oxygen atoms in total. The Hall–Kier alpha value is -1.96. The molecule has 0 saturated carbocycles. The molecular formula is C12H18N4O4. The van der Waals surface area contributed by atoms with Crippen LogP contribution in [0, 0.1) is 17.0 Å². The van der Waals surface area contributed by atoms with Crippen LogP contribution in [0.1, 0.15) is 30.0 Å². The van der Waals surface area contributed by atoms with E-state index in [-0.39, 0.29) is 35.2 Å². The standard InChI is InChI=1S/C12H18N4O4/c1-7-5-15(6-8(2)20-7)12(17)11-10(16(18)19)9(3)13-14(11)4/h7-8H,5-6H2,1-4H3/t7-,8-/m0/s1. The zero-order chi connectivity index (χ0) is 15.0. The fraction of sp³-hybridized carbons (Fsp3) is 0.667. The molecule has 0 aliphatic carbocycles. The molecule has 2 heterocycles. The highest BCUT2D eigenvalue weighted by Crippen LogP contribution is 2.25. The number of carbonyl (C=O) groups excluding carboxylic acids is 1. The fourth-order valence-electron chi connectivity index (χ4n) is 2.60. The van der Waals surface area contributed by atoms with Gasteiger partial charge in [0.15, 0.2) is 0 Å². The van der Waals surface area contributed by atoms with Gasteiger partial charge in [-0.05, 0) is 20.8 Å². The molecule has 1 amide bonds. The number of ether oxygens (including phenoxy) is 1. The lowest BCUT2D eigenvalue weighted by Gasteiger charge is -2.35. The topological polar surface area (TPSA) is 90.5 Å². The number of aryl methyl sites for hydroxylation is 2. The second-order valence-electron chi connectivity index (χ2n) is 5.13. The van der Waals surface area contributed by atoms with E-state index in [4.69, 9.17) is 4.74 Å². The van der Waals surface area contributed by atoms with Crippen molar-refractivity contribution in [2.75, 3.05) is 13.1 Å². The Morgan fingerprint density at radius 3 is 2.45 bits per heavy atom. The Labute approximate surface area is 116 Å². The number of hydrogen-bond acceptors (Lipinski definition) is 5. The van der Waals surface area contributed by atoms with Crippen molar-refractivity contribution in [2.24, 2.45) is 7.05 Å². The summed E-state index contributed by atoms with van der Waals surface area (Å²) in [5, 5.41) is 15.1. The van der Waals surface area contributed by atoms with Crippen LogP contribution < -0.4 is 0 Å². The van der Waals surface area contributed by atoms with Gasteiger partial charge in [0.1, 0.15) is 5.69 Å². The average molecular weight is 282 g/mol. The normalized spacial score (nSPS) is 22.9. The third-order valence-corrected chi connectivity index (χ3v) is 3.28. The average Bonchev–Trinajstić information content (AvgIpc) is 2.62. The largest absolute Gasteiger partial charge is 0.372 e. The molecule has 8 heteroatoms. The van der Waals surface area contributed by atoms with E-state index in [0.717, 1.165) is 0 Å². The van der Waals surface area contributed by atoms with Gasteiger partial charge in [0, 0.05) is 20.1 Å². The molecule has 2 rings (SSSR count). The molecule has 1 aliphatic rings. The second-order valence-corrected chi connectivity index (χ2v) is 5.13. The summed E-state index contributed by atoms with van der Waals surface area (Å²) in [6.45, 7) is 6.12. The summed E-state index contributed by atoms with van der Waals surface area (Å²) in [5.41, 5.74) is 0.0494. The smallest absolute Gasteiger partial charge is 0.322 e. The summed E-state index contributed by atoms with van der Waals surface area (Å²) in [5.74, 6) is -0.373. The Bertz CT molecular complexity index is 544. The summed E-state index contributed by atoms with van der Waals surface area (Å²) in [4.78, 5) is 24.7. The van der Waals surface area contributed by atoms with Gasteiger partial charge in [0.25, 0.3) is 5.91 Å². The van der Waals surface area contributed by atoms with Gasteiger partial charge >= 0.3 is 5.69 Å². The predicted octanol–water partition coefficient (Wildman–Crippen LogP) is 0.886. The molecule has 1 saturated heterocycles. The minimum atomic E-state index is -0.553. The molecule has 0 radical (unpaired) electrons. The lowest BCUT2D eigenvalue weighted by Crippen LogP contribution is -2.48. The Morgan fingerprint density at radius 1 is 1.40 bits per heavy atom. The lowest BCUT2D eigenvalue weighted by atomic mass is 10.2. The molecule has 2 atom stereocenters. The molecule has 0 N–H and O–H groups in total. The number of amides is 1. The molecule has 1 fully saturated rings. The van der Waals surface area contributed by atoms with E-state index in [9.17, 15) is 14.9 Å². The molecule has 1 aromatic heterocycles. The van der Waals surface area contributed by atoms with Gasteiger partial charge in [0.2, 0.25) is 5.69 Å². The Balaban J connectivity index is 2.36. The van der Waals surface area contributed by atoms with E-state index in [1.165, 1.54) is 11.6 Å². The highest BCUT2D eigenvalue weighted by Gasteiger charge is 2.35.